The van der Waals surface area contributed by atoms with E-state index in [1.54, 1.807) is 6.33 Å². The number of anilines is 2. The van der Waals surface area contributed by atoms with Gasteiger partial charge in [-0.2, -0.15) is 0 Å². The van der Waals surface area contributed by atoms with E-state index in [0.29, 0.717) is 5.92 Å². The molecule has 1 atom stereocenters. The molecule has 2 N–H and O–H groups in total. The average molecular weight is 326 g/mol. The second-order valence-corrected chi connectivity index (χ2v) is 6.42. The number of aromatic nitrogens is 2. The van der Waals surface area contributed by atoms with E-state index in [9.17, 15) is 5.11 Å². The van der Waals surface area contributed by atoms with Gasteiger partial charge in [-0.1, -0.05) is 31.2 Å². The van der Waals surface area contributed by atoms with Crippen LogP contribution >= 0.6 is 0 Å². The van der Waals surface area contributed by atoms with Crippen LogP contribution in [0.25, 0.3) is 0 Å². The van der Waals surface area contributed by atoms with Crippen molar-refractivity contribution in [2.45, 2.75) is 32.7 Å². The molecule has 0 saturated carbocycles. The zero-order valence-corrected chi connectivity index (χ0v) is 14.3. The molecular weight excluding hydrogens is 300 g/mol. The van der Waals surface area contributed by atoms with Gasteiger partial charge in [0.15, 0.2) is 0 Å². The first-order chi connectivity index (χ1) is 11.8. The molecule has 0 aliphatic carbocycles. The molecule has 1 saturated heterocycles. The Kier molecular flexibility index (Phi) is 5.64. The van der Waals surface area contributed by atoms with E-state index >= 15 is 0 Å². The number of nitrogens with one attached hydrogen (secondary N) is 1. The largest absolute Gasteiger partial charge is 0.396 e. The Morgan fingerprint density at radius 3 is 2.75 bits per heavy atom. The maximum Gasteiger partial charge on any atom is 0.134 e. The van der Waals surface area contributed by atoms with Crippen LogP contribution in [0.1, 0.15) is 30.9 Å². The summed E-state index contributed by atoms with van der Waals surface area (Å²) in [6, 6.07) is 10.7. The SMILES string of the molecule is CCc1ccc(CNc2cc(N3CCCC(CO)C3)ncn2)cc1. The fourth-order valence-corrected chi connectivity index (χ4v) is 3.12. The van der Waals surface area contributed by atoms with Crippen molar-refractivity contribution in [1.82, 2.24) is 9.97 Å². The van der Waals surface area contributed by atoms with E-state index in [2.05, 4.69) is 51.4 Å². The number of piperidine rings is 1. The Hall–Kier alpha value is -2.14. The standard InChI is InChI=1S/C19H26N4O/c1-2-15-5-7-16(8-6-15)11-20-18-10-19(22-14-21-18)23-9-3-4-17(12-23)13-24/h5-8,10,14,17,24H,2-4,9,11-13H2,1H3,(H,20,21,22). The van der Waals surface area contributed by atoms with Crippen molar-refractivity contribution in [3.63, 3.8) is 0 Å². The van der Waals surface area contributed by atoms with Crippen molar-refractivity contribution in [3.8, 4) is 0 Å². The third kappa shape index (κ3) is 4.23. The maximum absolute atomic E-state index is 9.39. The highest BCUT2D eigenvalue weighted by Crippen LogP contribution is 2.22. The van der Waals surface area contributed by atoms with Gasteiger partial charge in [0.1, 0.15) is 18.0 Å². The average Bonchev–Trinajstić information content (AvgIpc) is 2.67. The van der Waals surface area contributed by atoms with Crippen LogP contribution in [0.4, 0.5) is 11.6 Å². The van der Waals surface area contributed by atoms with E-state index in [1.807, 2.05) is 6.07 Å². The summed E-state index contributed by atoms with van der Waals surface area (Å²) < 4.78 is 0. The molecule has 3 rings (SSSR count). The number of hydrogen-bond donors (Lipinski definition) is 2. The molecular formula is C19H26N4O. The van der Waals surface area contributed by atoms with Crippen molar-refractivity contribution in [2.24, 2.45) is 5.92 Å². The summed E-state index contributed by atoms with van der Waals surface area (Å²) in [5.41, 5.74) is 2.59. The van der Waals surface area contributed by atoms with Crippen LogP contribution in [0.2, 0.25) is 0 Å². The van der Waals surface area contributed by atoms with Gasteiger partial charge in [-0.15, -0.1) is 0 Å². The van der Waals surface area contributed by atoms with Gasteiger partial charge < -0.3 is 15.3 Å². The lowest BCUT2D eigenvalue weighted by atomic mass is 9.99. The molecule has 1 unspecified atom stereocenters. The van der Waals surface area contributed by atoms with Gasteiger partial charge in [0.2, 0.25) is 0 Å². The number of nitrogens with zero attached hydrogens (tertiary/aromatic N) is 3. The Morgan fingerprint density at radius 1 is 1.21 bits per heavy atom. The van der Waals surface area contributed by atoms with E-state index in [-0.39, 0.29) is 6.61 Å². The summed E-state index contributed by atoms with van der Waals surface area (Å²) >= 11 is 0. The smallest absolute Gasteiger partial charge is 0.134 e. The lowest BCUT2D eigenvalue weighted by Gasteiger charge is -2.32. The van der Waals surface area contributed by atoms with Gasteiger partial charge in [-0.25, -0.2) is 9.97 Å². The number of hydrogen-bond acceptors (Lipinski definition) is 5. The van der Waals surface area contributed by atoms with Gasteiger partial charge >= 0.3 is 0 Å². The second-order valence-electron chi connectivity index (χ2n) is 6.42. The van der Waals surface area contributed by atoms with Crippen molar-refractivity contribution in [3.05, 3.63) is 47.8 Å². The molecule has 128 valence electrons. The maximum atomic E-state index is 9.39. The quantitative estimate of drug-likeness (QED) is 0.855. The number of aliphatic hydroxyl groups is 1. The van der Waals surface area contributed by atoms with Crippen LogP contribution in [0, 0.1) is 5.92 Å². The van der Waals surface area contributed by atoms with Gasteiger partial charge in [0.05, 0.1) is 0 Å². The van der Waals surface area contributed by atoms with Gasteiger partial charge in [0, 0.05) is 32.3 Å². The number of benzene rings is 1. The van der Waals surface area contributed by atoms with Gasteiger partial charge in [-0.05, 0) is 36.3 Å². The fraction of sp³-hybridized carbons (Fsp3) is 0.474. The Balaban J connectivity index is 1.62. The Labute approximate surface area is 143 Å². The van der Waals surface area contributed by atoms with Crippen molar-refractivity contribution >= 4 is 11.6 Å². The lowest BCUT2D eigenvalue weighted by Crippen LogP contribution is -2.37. The normalized spacial score (nSPS) is 17.8. The van der Waals surface area contributed by atoms with Crippen molar-refractivity contribution < 1.29 is 5.11 Å². The molecule has 5 nitrogen and oxygen atoms in total. The molecule has 24 heavy (non-hydrogen) atoms. The molecule has 1 aromatic heterocycles. The van der Waals surface area contributed by atoms with Crippen LogP contribution < -0.4 is 10.2 Å². The second kappa shape index (κ2) is 8.11. The summed E-state index contributed by atoms with van der Waals surface area (Å²) in [6.45, 7) is 5.02. The molecule has 5 heteroatoms. The summed E-state index contributed by atoms with van der Waals surface area (Å²) in [6.07, 6.45) is 4.87. The predicted molar refractivity (Wildman–Crippen MR) is 97.2 cm³/mol. The Bertz CT molecular complexity index is 644. The van der Waals surface area contributed by atoms with Crippen LogP contribution in [-0.2, 0) is 13.0 Å². The van der Waals surface area contributed by atoms with Crippen LogP contribution in [0.5, 0.6) is 0 Å². The zero-order chi connectivity index (χ0) is 16.8. The first-order valence-corrected chi connectivity index (χ1v) is 8.78. The fourth-order valence-electron chi connectivity index (χ4n) is 3.12. The topological polar surface area (TPSA) is 61.3 Å². The third-order valence-corrected chi connectivity index (χ3v) is 4.66. The first-order valence-electron chi connectivity index (χ1n) is 8.78. The number of aliphatic hydroxyl groups excluding tert-OH is 1. The van der Waals surface area contributed by atoms with Gasteiger partial charge in [-0.3, -0.25) is 0 Å². The molecule has 2 aromatic rings. The predicted octanol–water partition coefficient (Wildman–Crippen LogP) is 2.86. The molecule has 0 spiro atoms. The van der Waals surface area contributed by atoms with E-state index in [4.69, 9.17) is 0 Å². The summed E-state index contributed by atoms with van der Waals surface area (Å²) in [5.74, 6) is 2.12. The zero-order valence-electron chi connectivity index (χ0n) is 14.3. The monoisotopic (exact) mass is 326 g/mol. The Morgan fingerprint density at radius 2 is 2.00 bits per heavy atom. The van der Waals surface area contributed by atoms with Crippen LogP contribution in [-0.4, -0.2) is 34.8 Å². The van der Waals surface area contributed by atoms with E-state index in [0.717, 1.165) is 50.5 Å². The highest BCUT2D eigenvalue weighted by molar-refractivity contribution is 5.49. The van der Waals surface area contributed by atoms with E-state index < -0.39 is 0 Å². The highest BCUT2D eigenvalue weighted by Gasteiger charge is 2.20. The number of rotatable bonds is 6. The summed E-state index contributed by atoms with van der Waals surface area (Å²) in [7, 11) is 0. The van der Waals surface area contributed by atoms with Gasteiger partial charge in [0.25, 0.3) is 0 Å². The minimum atomic E-state index is 0.250. The van der Waals surface area contributed by atoms with Crippen molar-refractivity contribution in [1.29, 1.82) is 0 Å². The molecule has 1 aliphatic heterocycles. The number of aryl methyl sites for hydroxylation is 1. The van der Waals surface area contributed by atoms with E-state index in [1.165, 1.54) is 11.1 Å². The lowest BCUT2D eigenvalue weighted by molar-refractivity contribution is 0.208. The molecule has 0 bridgehead atoms. The van der Waals surface area contributed by atoms with Crippen LogP contribution in [0.3, 0.4) is 0 Å². The first kappa shape index (κ1) is 16.7. The summed E-state index contributed by atoms with van der Waals surface area (Å²) in [5, 5.41) is 12.8. The van der Waals surface area contributed by atoms with Crippen molar-refractivity contribution in [2.75, 3.05) is 29.9 Å². The molecule has 1 aliphatic rings. The minimum absolute atomic E-state index is 0.250. The highest BCUT2D eigenvalue weighted by atomic mass is 16.3. The molecule has 0 radical (unpaired) electrons. The molecule has 0 amide bonds. The third-order valence-electron chi connectivity index (χ3n) is 4.66. The molecule has 1 aromatic carbocycles. The molecule has 1 fully saturated rings. The molecule has 2 heterocycles. The minimum Gasteiger partial charge on any atom is -0.396 e. The van der Waals surface area contributed by atoms with Crippen LogP contribution in [0.15, 0.2) is 36.7 Å². The summed E-state index contributed by atoms with van der Waals surface area (Å²) in [4.78, 5) is 11.0.